The van der Waals surface area contributed by atoms with Gasteiger partial charge in [-0.05, 0) is 24.7 Å². The van der Waals surface area contributed by atoms with Gasteiger partial charge in [0.25, 0.3) is 0 Å². The molecule has 1 unspecified atom stereocenters. The van der Waals surface area contributed by atoms with Crippen molar-refractivity contribution in [1.82, 2.24) is 10.6 Å². The quantitative estimate of drug-likeness (QED) is 0.615. The number of nitrogens with one attached hydrogen (secondary N) is 2. The Morgan fingerprint density at radius 1 is 1.26 bits per heavy atom. The van der Waals surface area contributed by atoms with Gasteiger partial charge in [-0.15, -0.1) is 0 Å². The highest BCUT2D eigenvalue weighted by atomic mass is 32.2. The molecule has 1 fully saturated rings. The van der Waals surface area contributed by atoms with E-state index in [0.29, 0.717) is 0 Å². The van der Waals surface area contributed by atoms with Crippen LogP contribution >= 0.6 is 11.8 Å². The summed E-state index contributed by atoms with van der Waals surface area (Å²) in [6, 6.07) is 0. The molecule has 0 aromatic carbocycles. The first-order chi connectivity index (χ1) is 8.58. The van der Waals surface area contributed by atoms with Crippen molar-refractivity contribution in [2.75, 3.05) is 25.4 Å². The molecule has 3 nitrogen and oxygen atoms in total. The van der Waals surface area contributed by atoms with Crippen LogP contribution < -0.4 is 10.6 Å². The summed E-state index contributed by atoms with van der Waals surface area (Å²) in [7, 11) is 0. The first-order valence-corrected chi connectivity index (χ1v) is 6.33. The van der Waals surface area contributed by atoms with E-state index in [2.05, 4.69) is 5.32 Å². The Hall–Kier alpha value is -0.640. The highest BCUT2D eigenvalue weighted by molar-refractivity contribution is 8.00. The van der Waals surface area contributed by atoms with Crippen LogP contribution in [0.4, 0.5) is 26.3 Å². The van der Waals surface area contributed by atoms with Crippen molar-refractivity contribution >= 4 is 17.7 Å². The van der Waals surface area contributed by atoms with Crippen molar-refractivity contribution in [2.24, 2.45) is 5.41 Å². The fourth-order valence-corrected chi connectivity index (χ4v) is 2.19. The Kier molecular flexibility index (Phi) is 4.99. The second-order valence-electron chi connectivity index (χ2n) is 4.06. The summed E-state index contributed by atoms with van der Waals surface area (Å²) in [5.41, 5.74) is -6.99. The molecular weight excluding hydrogens is 298 g/mol. The van der Waals surface area contributed by atoms with Gasteiger partial charge in [-0.25, -0.2) is 0 Å². The summed E-state index contributed by atoms with van der Waals surface area (Å²) < 4.78 is 74.1. The van der Waals surface area contributed by atoms with E-state index in [4.69, 9.17) is 0 Å². The second-order valence-corrected chi connectivity index (χ2v) is 5.22. The Morgan fingerprint density at radius 2 is 1.89 bits per heavy atom. The first kappa shape index (κ1) is 16.4. The monoisotopic (exact) mass is 310 g/mol. The molecule has 1 aliphatic heterocycles. The highest BCUT2D eigenvalue weighted by Crippen LogP contribution is 2.43. The zero-order valence-electron chi connectivity index (χ0n) is 9.62. The molecule has 1 rings (SSSR count). The fourth-order valence-electron chi connectivity index (χ4n) is 1.76. The van der Waals surface area contributed by atoms with Crippen LogP contribution in [0.1, 0.15) is 6.42 Å². The molecule has 10 heteroatoms. The maximum atomic E-state index is 12.9. The lowest BCUT2D eigenvalue weighted by Crippen LogP contribution is -2.52. The van der Waals surface area contributed by atoms with Crippen LogP contribution in [0, 0.1) is 5.41 Å². The zero-order chi connectivity index (χ0) is 14.7. The van der Waals surface area contributed by atoms with Gasteiger partial charge in [0, 0.05) is 18.8 Å². The zero-order valence-corrected chi connectivity index (χ0v) is 10.4. The number of thioether (sulfide) groups is 1. The minimum absolute atomic E-state index is 0.0459. The SMILES string of the molecule is O=C(NCCSC(F)(F)F)C1(C(F)(F)F)CCNC1. The molecule has 0 aromatic rings. The van der Waals surface area contributed by atoms with Crippen LogP contribution in [0.2, 0.25) is 0 Å². The number of hydrogen-bond acceptors (Lipinski definition) is 3. The molecule has 112 valence electrons. The Morgan fingerprint density at radius 3 is 2.32 bits per heavy atom. The van der Waals surface area contributed by atoms with Crippen molar-refractivity contribution in [3.8, 4) is 0 Å². The minimum atomic E-state index is -4.72. The van der Waals surface area contributed by atoms with E-state index in [-0.39, 0.29) is 18.3 Å². The summed E-state index contributed by atoms with van der Waals surface area (Å²) in [6.45, 7) is -0.959. The molecule has 0 aromatic heterocycles. The molecule has 1 saturated heterocycles. The van der Waals surface area contributed by atoms with Gasteiger partial charge in [-0.3, -0.25) is 4.79 Å². The largest absolute Gasteiger partial charge is 0.441 e. The van der Waals surface area contributed by atoms with Crippen molar-refractivity contribution in [2.45, 2.75) is 18.1 Å². The Labute approximate surface area is 109 Å². The van der Waals surface area contributed by atoms with Crippen LogP contribution in [-0.2, 0) is 4.79 Å². The van der Waals surface area contributed by atoms with Crippen LogP contribution in [0.3, 0.4) is 0 Å². The van der Waals surface area contributed by atoms with Gasteiger partial charge >= 0.3 is 11.7 Å². The molecule has 19 heavy (non-hydrogen) atoms. The number of amides is 1. The lowest BCUT2D eigenvalue weighted by atomic mass is 9.85. The first-order valence-electron chi connectivity index (χ1n) is 5.35. The number of carbonyl (C=O) groups excluding carboxylic acids is 1. The number of rotatable bonds is 4. The lowest BCUT2D eigenvalue weighted by Gasteiger charge is -2.29. The van der Waals surface area contributed by atoms with Gasteiger partial charge in [0.15, 0.2) is 5.41 Å². The third-order valence-corrected chi connectivity index (χ3v) is 3.52. The molecule has 1 aliphatic rings. The molecule has 0 radical (unpaired) electrons. The number of alkyl halides is 6. The molecule has 1 heterocycles. The Bertz CT molecular complexity index is 324. The summed E-state index contributed by atoms with van der Waals surface area (Å²) >= 11 is -0.387. The fraction of sp³-hybridized carbons (Fsp3) is 0.889. The van der Waals surface area contributed by atoms with E-state index in [1.807, 2.05) is 5.32 Å². The molecule has 1 amide bonds. The molecular formula is C9H12F6N2OS. The molecule has 0 aliphatic carbocycles. The predicted octanol–water partition coefficient (Wildman–Crippen LogP) is 1.90. The third kappa shape index (κ3) is 4.16. The van der Waals surface area contributed by atoms with Crippen LogP contribution in [0.5, 0.6) is 0 Å². The summed E-state index contributed by atoms with van der Waals surface area (Å²) in [6.07, 6.45) is -5.13. The third-order valence-electron chi connectivity index (χ3n) is 2.79. The van der Waals surface area contributed by atoms with Gasteiger partial charge in [0.05, 0.1) is 0 Å². The smallest absolute Gasteiger partial charge is 0.354 e. The molecule has 1 atom stereocenters. The maximum Gasteiger partial charge on any atom is 0.441 e. The van der Waals surface area contributed by atoms with Gasteiger partial charge in [0.1, 0.15) is 0 Å². The highest BCUT2D eigenvalue weighted by Gasteiger charge is 2.61. The summed E-state index contributed by atoms with van der Waals surface area (Å²) in [5, 5.41) is 4.37. The molecule has 0 bridgehead atoms. The van der Waals surface area contributed by atoms with Crippen molar-refractivity contribution in [3.05, 3.63) is 0 Å². The number of halogens is 6. The average Bonchev–Trinajstić information content (AvgIpc) is 2.72. The van der Waals surface area contributed by atoms with Crippen LogP contribution in [0.25, 0.3) is 0 Å². The molecule has 0 saturated carbocycles. The van der Waals surface area contributed by atoms with Crippen molar-refractivity contribution in [1.29, 1.82) is 0 Å². The van der Waals surface area contributed by atoms with Gasteiger partial charge < -0.3 is 10.6 Å². The average molecular weight is 310 g/mol. The van der Waals surface area contributed by atoms with E-state index >= 15 is 0 Å². The summed E-state index contributed by atoms with van der Waals surface area (Å²) in [4.78, 5) is 11.6. The van der Waals surface area contributed by atoms with Crippen LogP contribution in [0.15, 0.2) is 0 Å². The lowest BCUT2D eigenvalue weighted by molar-refractivity contribution is -0.215. The summed E-state index contributed by atoms with van der Waals surface area (Å²) in [5.74, 6) is -1.79. The van der Waals surface area contributed by atoms with E-state index in [9.17, 15) is 31.1 Å². The molecule has 0 spiro atoms. The Balaban J connectivity index is 2.51. The van der Waals surface area contributed by atoms with E-state index in [1.165, 1.54) is 0 Å². The van der Waals surface area contributed by atoms with Gasteiger partial charge in [-0.2, -0.15) is 26.3 Å². The minimum Gasteiger partial charge on any atom is -0.354 e. The van der Waals surface area contributed by atoms with E-state index in [0.717, 1.165) is 0 Å². The van der Waals surface area contributed by atoms with Gasteiger partial charge in [0.2, 0.25) is 5.91 Å². The maximum absolute atomic E-state index is 12.9. The second kappa shape index (κ2) is 5.78. The normalized spacial score (nSPS) is 24.5. The van der Waals surface area contributed by atoms with Gasteiger partial charge in [-0.1, -0.05) is 0 Å². The number of carbonyl (C=O) groups is 1. The molecule has 2 N–H and O–H groups in total. The van der Waals surface area contributed by atoms with E-state index in [1.54, 1.807) is 0 Å². The van der Waals surface area contributed by atoms with E-state index < -0.39 is 48.3 Å². The van der Waals surface area contributed by atoms with Crippen molar-refractivity contribution in [3.63, 3.8) is 0 Å². The standard InChI is InChI=1S/C9H12F6N2OS/c10-8(11,12)7(1-2-16-5-7)6(18)17-3-4-19-9(13,14)15/h16H,1-5H2,(H,17,18). The topological polar surface area (TPSA) is 41.1 Å². The van der Waals surface area contributed by atoms with Crippen molar-refractivity contribution < 1.29 is 31.1 Å². The van der Waals surface area contributed by atoms with Crippen LogP contribution in [-0.4, -0.2) is 43.0 Å². The predicted molar refractivity (Wildman–Crippen MR) is 57.5 cm³/mol. The number of hydrogen-bond donors (Lipinski definition) is 2.